The van der Waals surface area contributed by atoms with Gasteiger partial charge in [0, 0.05) is 6.54 Å². The number of furan rings is 2. The molecular weight excluding hydrogens is 360 g/mol. The molecule has 0 aliphatic heterocycles. The van der Waals surface area contributed by atoms with E-state index in [4.69, 9.17) is 8.83 Å². The summed E-state index contributed by atoms with van der Waals surface area (Å²) in [7, 11) is 3.89. The molecule has 0 fully saturated rings. The summed E-state index contributed by atoms with van der Waals surface area (Å²) < 4.78 is 11.4. The summed E-state index contributed by atoms with van der Waals surface area (Å²) in [6.45, 7) is 2.34. The van der Waals surface area contributed by atoms with Crippen LogP contribution in [0.3, 0.4) is 0 Å². The van der Waals surface area contributed by atoms with Gasteiger partial charge in [-0.05, 0) is 61.2 Å². The molecule has 1 unspecified atom stereocenters. The first-order valence-corrected chi connectivity index (χ1v) is 7.03. The van der Waals surface area contributed by atoms with E-state index in [2.05, 4.69) is 21.2 Å². The molecule has 0 aromatic carbocycles. The molecule has 1 amide bonds. The van der Waals surface area contributed by atoms with Gasteiger partial charge in [-0.1, -0.05) is 0 Å². The van der Waals surface area contributed by atoms with Crippen LogP contribution in [0, 0.1) is 6.92 Å². The van der Waals surface area contributed by atoms with E-state index in [-0.39, 0.29) is 30.1 Å². The van der Waals surface area contributed by atoms with Crippen molar-refractivity contribution in [3.8, 4) is 0 Å². The third-order valence-corrected chi connectivity index (χ3v) is 3.39. The van der Waals surface area contributed by atoms with Gasteiger partial charge in [-0.2, -0.15) is 0 Å². The van der Waals surface area contributed by atoms with E-state index in [1.54, 1.807) is 12.1 Å². The van der Waals surface area contributed by atoms with E-state index in [1.165, 1.54) is 0 Å². The molecule has 116 valence electrons. The van der Waals surface area contributed by atoms with Crippen LogP contribution in [-0.2, 0) is 0 Å². The second-order valence-electron chi connectivity index (χ2n) is 4.74. The zero-order chi connectivity index (χ0) is 14.7. The molecule has 0 saturated heterocycles. The van der Waals surface area contributed by atoms with Crippen molar-refractivity contribution in [1.29, 1.82) is 0 Å². The fourth-order valence-corrected chi connectivity index (χ4v) is 2.19. The Labute approximate surface area is 138 Å². The molecule has 0 saturated carbocycles. The Morgan fingerprint density at radius 3 is 2.48 bits per heavy atom. The maximum atomic E-state index is 11.9. The number of nitrogens with zero attached hydrogens (tertiary/aromatic N) is 1. The lowest BCUT2D eigenvalue weighted by Gasteiger charge is -2.22. The highest BCUT2D eigenvalue weighted by Gasteiger charge is 2.19. The van der Waals surface area contributed by atoms with Crippen molar-refractivity contribution in [2.24, 2.45) is 0 Å². The van der Waals surface area contributed by atoms with Crippen LogP contribution in [0.5, 0.6) is 0 Å². The molecule has 2 aromatic rings. The summed E-state index contributed by atoms with van der Waals surface area (Å²) in [5, 5.41) is 2.85. The second-order valence-corrected chi connectivity index (χ2v) is 5.52. The summed E-state index contributed by atoms with van der Waals surface area (Å²) in [5.74, 6) is 1.72. The molecule has 0 bridgehead atoms. The third kappa shape index (κ3) is 4.62. The summed E-state index contributed by atoms with van der Waals surface area (Å²) in [5.41, 5.74) is 0. The highest BCUT2D eigenvalue weighted by Crippen LogP contribution is 2.20. The number of likely N-dealkylation sites (N-methyl/N-ethyl adjacent to an activating group) is 1. The van der Waals surface area contributed by atoms with Gasteiger partial charge in [0.05, 0.1) is 6.04 Å². The molecule has 0 spiro atoms. The predicted molar refractivity (Wildman–Crippen MR) is 85.9 cm³/mol. The minimum Gasteiger partial charge on any atom is -0.465 e. The van der Waals surface area contributed by atoms with E-state index in [0.717, 1.165) is 11.5 Å². The van der Waals surface area contributed by atoms with Crippen LogP contribution in [0.2, 0.25) is 0 Å². The van der Waals surface area contributed by atoms with Crippen molar-refractivity contribution in [2.45, 2.75) is 13.0 Å². The van der Waals surface area contributed by atoms with Gasteiger partial charge in [0.2, 0.25) is 0 Å². The first-order valence-electron chi connectivity index (χ1n) is 6.23. The van der Waals surface area contributed by atoms with Crippen LogP contribution < -0.4 is 5.32 Å². The van der Waals surface area contributed by atoms with Gasteiger partial charge in [-0.3, -0.25) is 9.69 Å². The fourth-order valence-electron chi connectivity index (χ4n) is 1.88. The van der Waals surface area contributed by atoms with Gasteiger partial charge in [0.25, 0.3) is 5.91 Å². The Hall–Kier alpha value is -1.24. The normalized spacial score (nSPS) is 12.0. The largest absolute Gasteiger partial charge is 0.465 e. The lowest BCUT2D eigenvalue weighted by atomic mass is 10.2. The Kier molecular flexibility index (Phi) is 6.51. The van der Waals surface area contributed by atoms with Gasteiger partial charge in [0.15, 0.2) is 10.4 Å². The van der Waals surface area contributed by atoms with Crippen LogP contribution in [0.25, 0.3) is 0 Å². The number of halogens is 2. The average molecular weight is 378 g/mol. The van der Waals surface area contributed by atoms with Gasteiger partial charge in [-0.25, -0.2) is 0 Å². The van der Waals surface area contributed by atoms with Gasteiger partial charge < -0.3 is 14.2 Å². The van der Waals surface area contributed by atoms with E-state index in [1.807, 2.05) is 38.1 Å². The molecule has 21 heavy (non-hydrogen) atoms. The summed E-state index contributed by atoms with van der Waals surface area (Å²) in [6, 6.07) is 7.13. The topological polar surface area (TPSA) is 58.6 Å². The van der Waals surface area contributed by atoms with Crippen LogP contribution in [0.4, 0.5) is 0 Å². The highest BCUT2D eigenvalue weighted by atomic mass is 79.9. The zero-order valence-electron chi connectivity index (χ0n) is 12.1. The van der Waals surface area contributed by atoms with E-state index in [9.17, 15) is 4.79 Å². The number of rotatable bonds is 5. The van der Waals surface area contributed by atoms with Gasteiger partial charge >= 0.3 is 0 Å². The first-order chi connectivity index (χ1) is 9.47. The maximum Gasteiger partial charge on any atom is 0.287 e. The van der Waals surface area contributed by atoms with E-state index >= 15 is 0 Å². The Bertz CT molecular complexity index is 595. The van der Waals surface area contributed by atoms with Gasteiger partial charge in [-0.15, -0.1) is 12.4 Å². The number of nitrogens with one attached hydrogen (secondary N) is 1. The summed E-state index contributed by atoms with van der Waals surface area (Å²) >= 11 is 3.17. The van der Waals surface area contributed by atoms with E-state index in [0.29, 0.717) is 11.2 Å². The predicted octanol–water partition coefficient (Wildman–Crippen LogP) is 3.40. The van der Waals surface area contributed by atoms with Crippen molar-refractivity contribution in [3.05, 3.63) is 46.2 Å². The molecule has 0 aliphatic rings. The Morgan fingerprint density at radius 2 is 2.00 bits per heavy atom. The standard InChI is InChI=1S/C14H17BrN2O3.ClH/c1-9-4-5-11(19-9)10(17(2)3)8-16-14(18)12-6-7-13(15)20-12;/h4-7,10H,8H2,1-3H3,(H,16,18);1H. The smallest absolute Gasteiger partial charge is 0.287 e. The molecule has 2 rings (SSSR count). The average Bonchev–Trinajstić information content (AvgIpc) is 2.98. The maximum absolute atomic E-state index is 11.9. The molecule has 1 atom stereocenters. The number of aryl methyl sites for hydroxylation is 1. The number of hydrogen-bond acceptors (Lipinski definition) is 4. The number of hydrogen-bond donors (Lipinski definition) is 1. The lowest BCUT2D eigenvalue weighted by Crippen LogP contribution is -2.34. The third-order valence-electron chi connectivity index (χ3n) is 2.97. The van der Waals surface area contributed by atoms with Crippen LogP contribution in [0.1, 0.15) is 28.1 Å². The van der Waals surface area contributed by atoms with Crippen LogP contribution >= 0.6 is 28.3 Å². The lowest BCUT2D eigenvalue weighted by molar-refractivity contribution is 0.0910. The minimum atomic E-state index is -0.245. The second kappa shape index (κ2) is 7.68. The molecule has 2 aromatic heterocycles. The zero-order valence-corrected chi connectivity index (χ0v) is 14.5. The monoisotopic (exact) mass is 376 g/mol. The molecular formula is C14H18BrClN2O3. The SMILES string of the molecule is Cc1ccc(C(CNC(=O)c2ccc(Br)o2)N(C)C)o1.Cl. The molecule has 1 N–H and O–H groups in total. The van der Waals surface area contributed by atoms with Crippen molar-refractivity contribution in [3.63, 3.8) is 0 Å². The van der Waals surface area contributed by atoms with Crippen molar-refractivity contribution in [1.82, 2.24) is 10.2 Å². The van der Waals surface area contributed by atoms with Crippen molar-refractivity contribution < 1.29 is 13.6 Å². The van der Waals surface area contributed by atoms with Crippen LogP contribution in [-0.4, -0.2) is 31.4 Å². The molecule has 2 heterocycles. The van der Waals surface area contributed by atoms with E-state index < -0.39 is 0 Å². The van der Waals surface area contributed by atoms with Crippen LogP contribution in [0.15, 0.2) is 37.8 Å². The van der Waals surface area contributed by atoms with Crippen molar-refractivity contribution >= 4 is 34.2 Å². The number of carbonyl (C=O) groups is 1. The first kappa shape index (κ1) is 17.8. The quantitative estimate of drug-likeness (QED) is 0.867. The Morgan fingerprint density at radius 1 is 1.29 bits per heavy atom. The molecule has 7 heteroatoms. The summed E-state index contributed by atoms with van der Waals surface area (Å²) in [4.78, 5) is 13.9. The number of amides is 1. The fraction of sp³-hybridized carbons (Fsp3) is 0.357. The van der Waals surface area contributed by atoms with Gasteiger partial charge in [0.1, 0.15) is 11.5 Å². The molecule has 0 radical (unpaired) electrons. The summed E-state index contributed by atoms with van der Waals surface area (Å²) in [6.07, 6.45) is 0. The molecule has 0 aliphatic carbocycles. The highest BCUT2D eigenvalue weighted by molar-refractivity contribution is 9.10. The minimum absolute atomic E-state index is 0. The number of carbonyl (C=O) groups excluding carboxylic acids is 1. The van der Waals surface area contributed by atoms with Crippen molar-refractivity contribution in [2.75, 3.05) is 20.6 Å². The Balaban J connectivity index is 0.00000220. The molecule has 5 nitrogen and oxygen atoms in total.